The number of hydrogen-bond donors (Lipinski definition) is 2. The Bertz CT molecular complexity index is 1630. The molecule has 2 aliphatic rings. The van der Waals surface area contributed by atoms with Gasteiger partial charge in [0, 0.05) is 72.8 Å². The number of nitrogens with zero attached hydrogens (tertiary/aromatic N) is 4. The summed E-state index contributed by atoms with van der Waals surface area (Å²) in [5.74, 6) is -1.35. The Morgan fingerprint density at radius 1 is 0.556 bits per heavy atom. The van der Waals surface area contributed by atoms with Gasteiger partial charge in [0.15, 0.2) is 0 Å². The van der Waals surface area contributed by atoms with E-state index in [1.165, 1.54) is 24.3 Å². The summed E-state index contributed by atoms with van der Waals surface area (Å²) in [7, 11) is -7.36. The number of aromatic nitrogens is 2. The third-order valence-corrected chi connectivity index (χ3v) is 8.02. The first-order valence-electron chi connectivity index (χ1n) is 12.3. The SMILES string of the molecule is O=S1(=O)N=C([O-])c2ccccc21.O=S1(=O)N=C([O-])c2ccccc21.OCCc1ccccn1.OCCc1ccccn1.[Co+2].[OH3+].[OH3+]. The van der Waals surface area contributed by atoms with E-state index in [0.717, 1.165) is 11.4 Å². The summed E-state index contributed by atoms with van der Waals surface area (Å²) in [6.45, 7) is 0.355. The zero-order valence-corrected chi connectivity index (χ0v) is 26.2. The Balaban J connectivity index is 0.000000567. The monoisotopic (exact) mass is 707 g/mol. The fourth-order valence-corrected chi connectivity index (χ4v) is 5.67. The van der Waals surface area contributed by atoms with Gasteiger partial charge in [0.25, 0.3) is 20.0 Å². The first-order valence-corrected chi connectivity index (χ1v) is 15.2. The summed E-state index contributed by atoms with van der Waals surface area (Å²) in [5, 5.41) is 38.8. The average molecular weight is 708 g/mol. The maximum absolute atomic E-state index is 11.1. The van der Waals surface area contributed by atoms with Gasteiger partial charge in [0.2, 0.25) is 0 Å². The van der Waals surface area contributed by atoms with E-state index >= 15 is 0 Å². The Morgan fingerprint density at radius 3 is 1.18 bits per heavy atom. The molecule has 0 amide bonds. The Labute approximate surface area is 270 Å². The minimum atomic E-state index is -3.68. The molecule has 17 heteroatoms. The van der Waals surface area contributed by atoms with Crippen LogP contribution in [0.4, 0.5) is 0 Å². The fraction of sp³-hybridized carbons (Fsp3) is 0.143. The molecular weight excluding hydrogens is 675 g/mol. The summed E-state index contributed by atoms with van der Waals surface area (Å²) < 4.78 is 50.3. The number of pyridine rings is 2. The average Bonchev–Trinajstić information content (AvgIpc) is 3.37. The molecule has 4 aromatic rings. The van der Waals surface area contributed by atoms with Gasteiger partial charge in [-0.3, -0.25) is 9.97 Å². The second-order valence-electron chi connectivity index (χ2n) is 8.32. The molecule has 0 unspecified atom stereocenters. The van der Waals surface area contributed by atoms with Crippen LogP contribution in [0.1, 0.15) is 22.5 Å². The zero-order valence-electron chi connectivity index (χ0n) is 23.5. The van der Waals surface area contributed by atoms with E-state index in [1.807, 2.05) is 36.4 Å². The molecule has 14 nitrogen and oxygen atoms in total. The van der Waals surface area contributed by atoms with Crippen LogP contribution in [-0.2, 0) is 60.6 Å². The fourth-order valence-electron chi connectivity index (χ4n) is 3.47. The second kappa shape index (κ2) is 19.3. The summed E-state index contributed by atoms with van der Waals surface area (Å²) >= 11 is 0. The number of rotatable bonds is 4. The Morgan fingerprint density at radius 2 is 0.889 bits per heavy atom. The molecule has 2 aromatic carbocycles. The molecule has 243 valence electrons. The quantitative estimate of drug-likeness (QED) is 0.229. The topological polar surface area (TPSA) is 271 Å². The molecule has 0 saturated heterocycles. The zero-order chi connectivity index (χ0) is 30.6. The first kappa shape index (κ1) is 40.9. The molecule has 2 aliphatic heterocycles. The van der Waals surface area contributed by atoms with Crippen molar-refractivity contribution < 1.29 is 65.0 Å². The summed E-state index contributed by atoms with van der Waals surface area (Å²) in [4.78, 5) is 8.04. The van der Waals surface area contributed by atoms with Gasteiger partial charge in [-0.1, -0.05) is 48.5 Å². The summed E-state index contributed by atoms with van der Waals surface area (Å²) in [5.41, 5.74) is 2.22. The van der Waals surface area contributed by atoms with Crippen molar-refractivity contribution in [2.24, 2.45) is 8.80 Å². The Hall–Kier alpha value is -4.07. The van der Waals surface area contributed by atoms with Crippen LogP contribution in [-0.4, -0.2) is 62.0 Å². The molecule has 0 aliphatic carbocycles. The van der Waals surface area contributed by atoms with Crippen LogP contribution < -0.4 is 10.2 Å². The Kier molecular flexibility index (Phi) is 17.6. The number of hydrogen-bond acceptors (Lipinski definition) is 10. The number of benzene rings is 2. The van der Waals surface area contributed by atoms with E-state index in [2.05, 4.69) is 18.8 Å². The molecule has 0 atom stereocenters. The number of sulfonamides is 2. The minimum absolute atomic E-state index is 0. The van der Waals surface area contributed by atoms with Gasteiger partial charge in [-0.15, -0.1) is 0 Å². The third kappa shape index (κ3) is 11.7. The van der Waals surface area contributed by atoms with Crippen molar-refractivity contribution in [1.82, 2.24) is 9.97 Å². The number of fused-ring (bicyclic) bond motifs is 2. The molecule has 4 heterocycles. The summed E-state index contributed by atoms with van der Waals surface area (Å²) in [6.07, 6.45) is 4.76. The van der Waals surface area contributed by atoms with E-state index in [9.17, 15) is 27.0 Å². The van der Waals surface area contributed by atoms with E-state index in [-0.39, 0.29) is 61.9 Å². The van der Waals surface area contributed by atoms with Gasteiger partial charge in [0.05, 0.1) is 9.79 Å². The molecular formula is C28H32CoN4O10S2+2. The van der Waals surface area contributed by atoms with Crippen LogP contribution in [0.5, 0.6) is 0 Å². The van der Waals surface area contributed by atoms with E-state index in [4.69, 9.17) is 10.2 Å². The molecule has 0 spiro atoms. The van der Waals surface area contributed by atoms with Crippen molar-refractivity contribution in [2.45, 2.75) is 22.6 Å². The third-order valence-electron chi connectivity index (χ3n) is 5.39. The van der Waals surface area contributed by atoms with Crippen molar-refractivity contribution >= 4 is 31.8 Å². The predicted octanol–water partition coefficient (Wildman–Crippen LogP) is -1.62. The first-order chi connectivity index (χ1) is 20.1. The standard InChI is InChI=1S/2C7H5NO3S.2C7H9NO.Co.2H2O/c2*9-7-5-3-1-2-4-6(5)12(10,11)8-7;2*9-6-4-7-3-1-2-5-8-7;;;/h2*1-4H,(H,8,9);2*1-3,5,9H,4,6H2;;2*1H2/q;;;;+2;;. The van der Waals surface area contributed by atoms with Gasteiger partial charge in [-0.2, -0.15) is 25.6 Å². The summed E-state index contributed by atoms with van der Waals surface area (Å²) in [6, 6.07) is 23.3. The molecule has 1 radical (unpaired) electrons. The molecule has 8 N–H and O–H groups in total. The van der Waals surface area contributed by atoms with Crippen molar-refractivity contribution in [3.8, 4) is 0 Å². The normalized spacial score (nSPS) is 13.6. The molecule has 0 saturated carbocycles. The second-order valence-corrected chi connectivity index (χ2v) is 11.5. The molecule has 45 heavy (non-hydrogen) atoms. The van der Waals surface area contributed by atoms with Gasteiger partial charge >= 0.3 is 16.8 Å². The largest absolute Gasteiger partial charge is 2.00 e. The van der Waals surface area contributed by atoms with Crippen LogP contribution in [0.15, 0.2) is 116 Å². The van der Waals surface area contributed by atoms with Gasteiger partial charge in [-0.25, -0.2) is 0 Å². The number of aliphatic hydroxyl groups is 2. The minimum Gasteiger partial charge on any atom is -0.858 e. The van der Waals surface area contributed by atoms with Crippen LogP contribution >= 0.6 is 0 Å². The molecule has 6 rings (SSSR count). The predicted molar refractivity (Wildman–Crippen MR) is 160 cm³/mol. The van der Waals surface area contributed by atoms with Crippen molar-refractivity contribution in [2.75, 3.05) is 13.2 Å². The van der Waals surface area contributed by atoms with Gasteiger partial charge in [-0.05, 0) is 36.4 Å². The van der Waals surface area contributed by atoms with Crippen LogP contribution in [0.2, 0.25) is 0 Å². The number of aliphatic hydroxyl groups excluding tert-OH is 2. The van der Waals surface area contributed by atoms with Gasteiger partial charge in [0.1, 0.15) is 0 Å². The van der Waals surface area contributed by atoms with Crippen LogP contribution in [0, 0.1) is 0 Å². The van der Waals surface area contributed by atoms with E-state index in [0.29, 0.717) is 12.8 Å². The van der Waals surface area contributed by atoms with Crippen LogP contribution in [0.3, 0.4) is 0 Å². The smallest absolute Gasteiger partial charge is 0.858 e. The maximum atomic E-state index is 11.1. The molecule has 0 fully saturated rings. The van der Waals surface area contributed by atoms with Crippen LogP contribution in [0.25, 0.3) is 0 Å². The van der Waals surface area contributed by atoms with Crippen molar-refractivity contribution in [3.63, 3.8) is 0 Å². The van der Waals surface area contributed by atoms with Gasteiger partial charge < -0.3 is 31.4 Å². The van der Waals surface area contributed by atoms with Crippen molar-refractivity contribution in [3.05, 3.63) is 120 Å². The van der Waals surface area contributed by atoms with Crippen molar-refractivity contribution in [1.29, 1.82) is 0 Å². The molecule has 0 bridgehead atoms. The van der Waals surface area contributed by atoms with E-state index in [1.54, 1.807) is 36.7 Å². The molecule has 2 aromatic heterocycles. The maximum Gasteiger partial charge on any atom is 2.00 e. The van der Waals surface area contributed by atoms with E-state index < -0.39 is 31.8 Å².